The molecule has 1 fully saturated rings. The molecule has 0 spiro atoms. The number of nitrogens with two attached hydrogens (primary N) is 1. The first-order valence-corrected chi connectivity index (χ1v) is 4.78. The fraction of sp³-hybridized carbons (Fsp3) is 1.00. The average molecular weight is 173 g/mol. The molecule has 0 heterocycles. The van der Waals surface area contributed by atoms with E-state index >= 15 is 0 Å². The molecule has 1 aliphatic carbocycles. The Morgan fingerprint density at radius 3 is 2.08 bits per heavy atom. The first kappa shape index (κ1) is 9.96. The highest BCUT2D eigenvalue weighted by atomic mass is 16.7. The smallest absolute Gasteiger partial charge is 0.172 e. The maximum atomic E-state index is 5.95. The summed E-state index contributed by atoms with van der Waals surface area (Å²) in [6.07, 6.45) is 2.28. The molecule has 12 heavy (non-hydrogen) atoms. The summed E-state index contributed by atoms with van der Waals surface area (Å²) >= 11 is 0. The summed E-state index contributed by atoms with van der Waals surface area (Å²) in [4.78, 5) is 0. The quantitative estimate of drug-likeness (QED) is 0.612. The van der Waals surface area contributed by atoms with E-state index in [0.717, 1.165) is 0 Å². The van der Waals surface area contributed by atoms with Gasteiger partial charge in [-0.3, -0.25) is 0 Å². The molecule has 0 radical (unpaired) electrons. The predicted octanol–water partition coefficient (Wildman–Crippen LogP) is 1.12. The summed E-state index contributed by atoms with van der Waals surface area (Å²) in [5.41, 5.74) is 5.95. The Kier molecular flexibility index (Phi) is 3.98. The lowest BCUT2D eigenvalue weighted by Gasteiger charge is -2.23. The minimum absolute atomic E-state index is 0.0740. The molecule has 1 atom stereocenters. The molecule has 3 nitrogen and oxygen atoms in total. The van der Waals surface area contributed by atoms with Gasteiger partial charge in [0.2, 0.25) is 0 Å². The van der Waals surface area contributed by atoms with Gasteiger partial charge < -0.3 is 15.2 Å². The van der Waals surface area contributed by atoms with Crippen LogP contribution in [0.15, 0.2) is 0 Å². The Balaban J connectivity index is 2.28. The van der Waals surface area contributed by atoms with E-state index in [1.54, 1.807) is 0 Å². The van der Waals surface area contributed by atoms with Crippen LogP contribution in [0.1, 0.15) is 26.7 Å². The van der Waals surface area contributed by atoms with Gasteiger partial charge in [0.05, 0.1) is 6.04 Å². The molecule has 2 N–H and O–H groups in total. The molecule has 0 aromatic rings. The zero-order valence-electron chi connectivity index (χ0n) is 7.95. The highest BCUT2D eigenvalue weighted by molar-refractivity contribution is 4.86. The third-order valence-corrected chi connectivity index (χ3v) is 2.14. The van der Waals surface area contributed by atoms with E-state index in [4.69, 9.17) is 15.2 Å². The molecule has 0 aliphatic heterocycles. The van der Waals surface area contributed by atoms with Crippen LogP contribution in [-0.2, 0) is 9.47 Å². The van der Waals surface area contributed by atoms with Crippen LogP contribution in [0.3, 0.4) is 0 Å². The van der Waals surface area contributed by atoms with Crippen molar-refractivity contribution in [3.8, 4) is 0 Å². The van der Waals surface area contributed by atoms with Gasteiger partial charge >= 0.3 is 0 Å². The van der Waals surface area contributed by atoms with Crippen molar-refractivity contribution in [1.29, 1.82) is 0 Å². The largest absolute Gasteiger partial charge is 0.351 e. The van der Waals surface area contributed by atoms with Crippen molar-refractivity contribution in [3.63, 3.8) is 0 Å². The fourth-order valence-corrected chi connectivity index (χ4v) is 1.30. The summed E-state index contributed by atoms with van der Waals surface area (Å²) in [6, 6.07) is 0.0740. The van der Waals surface area contributed by atoms with E-state index in [1.165, 1.54) is 12.8 Å². The van der Waals surface area contributed by atoms with E-state index in [2.05, 4.69) is 0 Å². The molecule has 0 aromatic heterocycles. The molecular formula is C9H19NO2. The Morgan fingerprint density at radius 1 is 1.25 bits per heavy atom. The zero-order valence-corrected chi connectivity index (χ0v) is 7.95. The first-order chi connectivity index (χ1) is 5.79. The van der Waals surface area contributed by atoms with E-state index in [0.29, 0.717) is 19.1 Å². The molecule has 3 heteroatoms. The Morgan fingerprint density at radius 2 is 1.75 bits per heavy atom. The minimum Gasteiger partial charge on any atom is -0.351 e. The molecule has 1 saturated carbocycles. The molecule has 0 bridgehead atoms. The van der Waals surface area contributed by atoms with Crippen LogP contribution in [0.25, 0.3) is 0 Å². The number of hydrogen-bond donors (Lipinski definition) is 1. The standard InChI is InChI=1S/C9H19NO2/c1-3-11-9(12-4-2)8(10)7-5-6-7/h7-9H,3-6,10H2,1-2H3. The van der Waals surface area contributed by atoms with Gasteiger partial charge in [-0.05, 0) is 32.6 Å². The topological polar surface area (TPSA) is 44.5 Å². The summed E-state index contributed by atoms with van der Waals surface area (Å²) in [5.74, 6) is 0.632. The van der Waals surface area contributed by atoms with Crippen molar-refractivity contribution in [3.05, 3.63) is 0 Å². The lowest BCUT2D eigenvalue weighted by Crippen LogP contribution is -2.40. The van der Waals surface area contributed by atoms with Crippen LogP contribution in [-0.4, -0.2) is 25.5 Å². The molecule has 1 aliphatic rings. The molecule has 0 saturated heterocycles. The summed E-state index contributed by atoms with van der Waals surface area (Å²) in [5, 5.41) is 0. The highest BCUT2D eigenvalue weighted by Gasteiger charge is 2.34. The van der Waals surface area contributed by atoms with Crippen LogP contribution in [0.5, 0.6) is 0 Å². The third-order valence-electron chi connectivity index (χ3n) is 2.14. The zero-order chi connectivity index (χ0) is 8.97. The van der Waals surface area contributed by atoms with Gasteiger partial charge in [0.1, 0.15) is 0 Å². The second kappa shape index (κ2) is 4.80. The Bertz CT molecular complexity index is 120. The molecule has 0 amide bonds. The number of hydrogen-bond acceptors (Lipinski definition) is 3. The van der Waals surface area contributed by atoms with E-state index in [9.17, 15) is 0 Å². The van der Waals surface area contributed by atoms with Gasteiger partial charge in [0, 0.05) is 13.2 Å². The van der Waals surface area contributed by atoms with Crippen LogP contribution < -0.4 is 5.73 Å². The summed E-state index contributed by atoms with van der Waals surface area (Å²) in [7, 11) is 0. The predicted molar refractivity (Wildman–Crippen MR) is 47.7 cm³/mol. The van der Waals surface area contributed by atoms with Gasteiger partial charge in [-0.25, -0.2) is 0 Å². The van der Waals surface area contributed by atoms with Crippen molar-refractivity contribution < 1.29 is 9.47 Å². The molecule has 1 unspecified atom stereocenters. The van der Waals surface area contributed by atoms with Crippen molar-refractivity contribution >= 4 is 0 Å². The van der Waals surface area contributed by atoms with Crippen molar-refractivity contribution in [1.82, 2.24) is 0 Å². The third kappa shape index (κ3) is 2.73. The second-order valence-electron chi connectivity index (χ2n) is 3.19. The lowest BCUT2D eigenvalue weighted by atomic mass is 10.2. The molecule has 72 valence electrons. The first-order valence-electron chi connectivity index (χ1n) is 4.78. The van der Waals surface area contributed by atoms with Crippen molar-refractivity contribution in [2.45, 2.75) is 39.0 Å². The van der Waals surface area contributed by atoms with Crippen LogP contribution in [0.2, 0.25) is 0 Å². The summed E-state index contributed by atoms with van der Waals surface area (Å²) in [6.45, 7) is 5.27. The molecule has 1 rings (SSSR count). The van der Waals surface area contributed by atoms with Gasteiger partial charge in [0.15, 0.2) is 6.29 Å². The van der Waals surface area contributed by atoms with E-state index in [-0.39, 0.29) is 12.3 Å². The van der Waals surface area contributed by atoms with Gasteiger partial charge in [-0.2, -0.15) is 0 Å². The average Bonchev–Trinajstić information content (AvgIpc) is 2.85. The second-order valence-corrected chi connectivity index (χ2v) is 3.19. The SMILES string of the molecule is CCOC(OCC)C(N)C1CC1. The lowest BCUT2D eigenvalue weighted by molar-refractivity contribution is -0.151. The maximum Gasteiger partial charge on any atom is 0.172 e. The number of rotatable bonds is 6. The Hall–Kier alpha value is -0.120. The van der Waals surface area contributed by atoms with Crippen LogP contribution >= 0.6 is 0 Å². The fourth-order valence-electron chi connectivity index (χ4n) is 1.30. The number of ether oxygens (including phenoxy) is 2. The van der Waals surface area contributed by atoms with Gasteiger partial charge in [0.25, 0.3) is 0 Å². The van der Waals surface area contributed by atoms with Gasteiger partial charge in [-0.15, -0.1) is 0 Å². The van der Waals surface area contributed by atoms with Crippen LogP contribution in [0.4, 0.5) is 0 Å². The van der Waals surface area contributed by atoms with Gasteiger partial charge in [-0.1, -0.05) is 0 Å². The van der Waals surface area contributed by atoms with E-state index in [1.807, 2.05) is 13.8 Å². The summed E-state index contributed by atoms with van der Waals surface area (Å²) < 4.78 is 10.8. The Labute approximate surface area is 74.2 Å². The van der Waals surface area contributed by atoms with Crippen molar-refractivity contribution in [2.75, 3.05) is 13.2 Å². The van der Waals surface area contributed by atoms with Crippen molar-refractivity contribution in [2.24, 2.45) is 11.7 Å². The monoisotopic (exact) mass is 173 g/mol. The minimum atomic E-state index is -0.188. The normalized spacial score (nSPS) is 20.0. The molecule has 0 aromatic carbocycles. The maximum absolute atomic E-state index is 5.95. The highest BCUT2D eigenvalue weighted by Crippen LogP contribution is 2.33. The van der Waals surface area contributed by atoms with E-state index < -0.39 is 0 Å². The molecular weight excluding hydrogens is 154 g/mol. The van der Waals surface area contributed by atoms with Crippen LogP contribution in [0, 0.1) is 5.92 Å².